The van der Waals surface area contributed by atoms with Crippen LogP contribution in [0.15, 0.2) is 134 Å². The molecule has 3 aromatic carbocycles. The number of hydrogen-bond acceptors (Lipinski definition) is 4. The Morgan fingerprint density at radius 3 is 1.58 bits per heavy atom. The third-order valence-corrected chi connectivity index (χ3v) is 6.77. The molecule has 0 radical (unpaired) electrons. The van der Waals surface area contributed by atoms with Crippen molar-refractivity contribution in [2.75, 3.05) is 0 Å². The monoisotopic (exact) mass is 486 g/mol. The Morgan fingerprint density at radius 2 is 0.921 bits per heavy atom. The fraction of sp³-hybridized carbons (Fsp3) is 0. The second kappa shape index (κ2) is 9.34. The number of pyridine rings is 4. The molecular weight excluding hydrogens is 464 g/mol. The zero-order valence-electron chi connectivity index (χ0n) is 20.5. The van der Waals surface area contributed by atoms with E-state index >= 15 is 0 Å². The Morgan fingerprint density at radius 1 is 0.342 bits per heavy atom. The summed E-state index contributed by atoms with van der Waals surface area (Å²) in [6.07, 6.45) is 3.64. The van der Waals surface area contributed by atoms with Gasteiger partial charge >= 0.3 is 0 Å². The van der Waals surface area contributed by atoms with E-state index < -0.39 is 0 Å². The van der Waals surface area contributed by atoms with Gasteiger partial charge in [0.25, 0.3) is 0 Å². The van der Waals surface area contributed by atoms with Gasteiger partial charge in [-0.25, -0.2) is 9.97 Å². The molecule has 0 unspecified atom stereocenters. The van der Waals surface area contributed by atoms with Crippen LogP contribution in [0.2, 0.25) is 0 Å². The molecule has 0 aliphatic carbocycles. The number of fused-ring (bicyclic) bond motifs is 2. The minimum atomic E-state index is 0.854. The van der Waals surface area contributed by atoms with E-state index in [1.54, 1.807) is 6.20 Å². The van der Waals surface area contributed by atoms with Gasteiger partial charge in [-0.1, -0.05) is 72.8 Å². The summed E-state index contributed by atoms with van der Waals surface area (Å²) in [7, 11) is 0. The fourth-order valence-electron chi connectivity index (χ4n) is 4.77. The van der Waals surface area contributed by atoms with Gasteiger partial charge in [0.1, 0.15) is 0 Å². The van der Waals surface area contributed by atoms with Crippen molar-refractivity contribution in [3.63, 3.8) is 0 Å². The molecule has 0 N–H and O–H groups in total. The first-order chi connectivity index (χ1) is 18.8. The van der Waals surface area contributed by atoms with E-state index in [0.717, 1.165) is 66.8 Å². The van der Waals surface area contributed by atoms with Crippen LogP contribution in [0.5, 0.6) is 0 Å². The van der Waals surface area contributed by atoms with Crippen LogP contribution >= 0.6 is 0 Å². The Balaban J connectivity index is 1.27. The van der Waals surface area contributed by atoms with Crippen molar-refractivity contribution in [1.29, 1.82) is 0 Å². The van der Waals surface area contributed by atoms with Crippen molar-refractivity contribution in [2.45, 2.75) is 0 Å². The van der Waals surface area contributed by atoms with Crippen molar-refractivity contribution < 1.29 is 0 Å². The largest absolute Gasteiger partial charge is 0.255 e. The summed E-state index contributed by atoms with van der Waals surface area (Å²) in [5.41, 5.74) is 9.80. The first-order valence-corrected chi connectivity index (χ1v) is 12.6. The van der Waals surface area contributed by atoms with Crippen LogP contribution in [0, 0.1) is 0 Å². The zero-order valence-corrected chi connectivity index (χ0v) is 20.5. The SMILES string of the molecule is c1ccc(-c2ccnc(-c3ccc4ccc(-c5ccc6ccc(-c7ccccn7)nc6c5)cc4n3)c2)cc1. The van der Waals surface area contributed by atoms with Crippen LogP contribution in [-0.4, -0.2) is 19.9 Å². The van der Waals surface area contributed by atoms with E-state index in [2.05, 4.69) is 76.7 Å². The summed E-state index contributed by atoms with van der Waals surface area (Å²) < 4.78 is 0. The van der Waals surface area contributed by atoms with E-state index in [4.69, 9.17) is 9.97 Å². The first-order valence-electron chi connectivity index (χ1n) is 12.6. The Hall–Kier alpha value is -5.22. The summed E-state index contributed by atoms with van der Waals surface area (Å²) in [5.74, 6) is 0. The van der Waals surface area contributed by atoms with Gasteiger partial charge in [-0.3, -0.25) is 9.97 Å². The van der Waals surface area contributed by atoms with E-state index in [1.165, 1.54) is 0 Å². The molecule has 0 fully saturated rings. The van der Waals surface area contributed by atoms with Gasteiger partial charge in [0.2, 0.25) is 0 Å². The molecule has 0 spiro atoms. The quantitative estimate of drug-likeness (QED) is 0.251. The molecule has 7 rings (SSSR count). The van der Waals surface area contributed by atoms with Crippen molar-refractivity contribution in [3.05, 3.63) is 134 Å². The highest BCUT2D eigenvalue weighted by Gasteiger charge is 2.09. The second-order valence-corrected chi connectivity index (χ2v) is 9.22. The molecule has 0 bridgehead atoms. The lowest BCUT2D eigenvalue weighted by Gasteiger charge is -2.09. The van der Waals surface area contributed by atoms with Gasteiger partial charge in [-0.05, 0) is 70.8 Å². The maximum atomic E-state index is 5.00. The lowest BCUT2D eigenvalue weighted by atomic mass is 10.0. The summed E-state index contributed by atoms with van der Waals surface area (Å²) in [6.45, 7) is 0. The van der Waals surface area contributed by atoms with E-state index in [0.29, 0.717) is 0 Å². The molecule has 0 saturated heterocycles. The zero-order chi connectivity index (χ0) is 25.3. The van der Waals surface area contributed by atoms with Gasteiger partial charge in [-0.2, -0.15) is 0 Å². The van der Waals surface area contributed by atoms with Crippen molar-refractivity contribution in [1.82, 2.24) is 19.9 Å². The highest BCUT2D eigenvalue weighted by atomic mass is 14.8. The topological polar surface area (TPSA) is 51.6 Å². The molecule has 0 saturated carbocycles. The van der Waals surface area contributed by atoms with Crippen molar-refractivity contribution in [3.8, 4) is 45.0 Å². The molecule has 0 atom stereocenters. The lowest BCUT2D eigenvalue weighted by Crippen LogP contribution is -1.91. The third kappa shape index (κ3) is 4.18. The van der Waals surface area contributed by atoms with E-state index in [1.807, 2.05) is 60.8 Å². The van der Waals surface area contributed by atoms with Crippen LogP contribution in [-0.2, 0) is 0 Å². The molecule has 4 heteroatoms. The molecule has 7 aromatic rings. The number of benzene rings is 3. The summed E-state index contributed by atoms with van der Waals surface area (Å²) >= 11 is 0. The third-order valence-electron chi connectivity index (χ3n) is 6.77. The number of hydrogen-bond donors (Lipinski definition) is 0. The molecule has 4 nitrogen and oxygen atoms in total. The minimum Gasteiger partial charge on any atom is -0.255 e. The Bertz CT molecular complexity index is 1920. The Kier molecular flexibility index (Phi) is 5.41. The summed E-state index contributed by atoms with van der Waals surface area (Å²) in [5, 5.41) is 2.19. The molecule has 0 amide bonds. The maximum Gasteiger partial charge on any atom is 0.0894 e. The number of nitrogens with zero attached hydrogens (tertiary/aromatic N) is 4. The highest BCUT2D eigenvalue weighted by molar-refractivity contribution is 5.90. The standard InChI is InChI=1S/C34H22N4/c1-2-6-23(7-3-1)28-17-19-36-34(22-28)31-16-14-25-10-12-27(21-33(25)38-31)26-11-9-24-13-15-30(37-32(24)20-26)29-8-4-5-18-35-29/h1-22H. The van der Waals surface area contributed by atoms with E-state index in [-0.39, 0.29) is 0 Å². The van der Waals surface area contributed by atoms with Gasteiger partial charge in [0, 0.05) is 23.2 Å². The molecule has 178 valence electrons. The van der Waals surface area contributed by atoms with Gasteiger partial charge < -0.3 is 0 Å². The maximum absolute atomic E-state index is 5.00. The Labute approximate surface area is 220 Å². The van der Waals surface area contributed by atoms with Crippen LogP contribution in [0.1, 0.15) is 0 Å². The van der Waals surface area contributed by atoms with Gasteiger partial charge in [-0.15, -0.1) is 0 Å². The van der Waals surface area contributed by atoms with Crippen molar-refractivity contribution >= 4 is 21.8 Å². The van der Waals surface area contributed by atoms with Gasteiger partial charge in [0.15, 0.2) is 0 Å². The first kappa shape index (κ1) is 22.0. The summed E-state index contributed by atoms with van der Waals surface area (Å²) in [4.78, 5) is 19.0. The predicted octanol–water partition coefficient (Wildman–Crippen LogP) is 8.24. The predicted molar refractivity (Wildman–Crippen MR) is 154 cm³/mol. The molecular formula is C34H22N4. The van der Waals surface area contributed by atoms with Crippen molar-refractivity contribution in [2.24, 2.45) is 0 Å². The van der Waals surface area contributed by atoms with E-state index in [9.17, 15) is 0 Å². The minimum absolute atomic E-state index is 0.854. The highest BCUT2D eigenvalue weighted by Crippen LogP contribution is 2.30. The smallest absolute Gasteiger partial charge is 0.0894 e. The average molecular weight is 487 g/mol. The number of rotatable bonds is 4. The van der Waals surface area contributed by atoms with Crippen LogP contribution < -0.4 is 0 Å². The fourth-order valence-corrected chi connectivity index (χ4v) is 4.77. The number of aromatic nitrogens is 4. The van der Waals surface area contributed by atoms with Crippen LogP contribution in [0.3, 0.4) is 0 Å². The molecule has 4 aromatic heterocycles. The van der Waals surface area contributed by atoms with Gasteiger partial charge in [0.05, 0.1) is 33.8 Å². The van der Waals surface area contributed by atoms with Crippen LogP contribution in [0.4, 0.5) is 0 Å². The average Bonchev–Trinajstić information content (AvgIpc) is 3.01. The molecule has 0 aliphatic heterocycles. The molecule has 4 heterocycles. The second-order valence-electron chi connectivity index (χ2n) is 9.22. The molecule has 0 aliphatic rings. The lowest BCUT2D eigenvalue weighted by molar-refractivity contribution is 1.27. The molecule has 38 heavy (non-hydrogen) atoms. The normalized spacial score (nSPS) is 11.2. The summed E-state index contributed by atoms with van der Waals surface area (Å²) in [6, 6.07) is 41.4. The van der Waals surface area contributed by atoms with Crippen LogP contribution in [0.25, 0.3) is 66.8 Å².